The average Bonchev–Trinajstić information content (AvgIpc) is 2.27. The van der Waals surface area contributed by atoms with Crippen LogP contribution in [0.1, 0.15) is 44.2 Å². The first-order chi connectivity index (χ1) is 8.08. The molecule has 0 spiro atoms. The number of rotatable bonds is 5. The van der Waals surface area contributed by atoms with Gasteiger partial charge in [-0.2, -0.15) is 0 Å². The molecule has 1 rings (SSSR count). The van der Waals surface area contributed by atoms with Gasteiger partial charge in [0.1, 0.15) is 5.82 Å². The molecule has 0 aliphatic rings. The van der Waals surface area contributed by atoms with Gasteiger partial charge in [0.15, 0.2) is 0 Å². The van der Waals surface area contributed by atoms with Gasteiger partial charge < -0.3 is 5.73 Å². The molecule has 17 heavy (non-hydrogen) atoms. The topological polar surface area (TPSA) is 26.0 Å². The lowest BCUT2D eigenvalue weighted by atomic mass is 9.93. The molecule has 1 unspecified atom stereocenters. The van der Waals surface area contributed by atoms with Crippen LogP contribution in [-0.2, 0) is 0 Å². The highest BCUT2D eigenvalue weighted by Gasteiger charge is 2.09. The van der Waals surface area contributed by atoms with Gasteiger partial charge in [0.25, 0.3) is 0 Å². The molecule has 0 fully saturated rings. The maximum atomic E-state index is 13.1. The highest BCUT2D eigenvalue weighted by atomic mass is 19.1. The zero-order valence-corrected chi connectivity index (χ0v) is 11.0. The summed E-state index contributed by atoms with van der Waals surface area (Å²) in [4.78, 5) is 0. The second kappa shape index (κ2) is 6.55. The molecule has 0 aromatic heterocycles. The van der Waals surface area contributed by atoms with Gasteiger partial charge in [0, 0.05) is 6.04 Å². The molecule has 2 heteroatoms. The van der Waals surface area contributed by atoms with Crippen molar-refractivity contribution < 1.29 is 4.39 Å². The van der Waals surface area contributed by atoms with Crippen LogP contribution in [-0.4, -0.2) is 6.04 Å². The quantitative estimate of drug-likeness (QED) is 0.818. The van der Waals surface area contributed by atoms with Gasteiger partial charge in [-0.1, -0.05) is 25.5 Å². The smallest absolute Gasteiger partial charge is 0.123 e. The fourth-order valence-electron chi connectivity index (χ4n) is 2.13. The number of allylic oxidation sites excluding steroid dienone is 1. The van der Waals surface area contributed by atoms with Crippen LogP contribution < -0.4 is 5.73 Å². The van der Waals surface area contributed by atoms with Crippen LogP contribution in [0.5, 0.6) is 0 Å². The van der Waals surface area contributed by atoms with Gasteiger partial charge in [0.05, 0.1) is 0 Å². The zero-order chi connectivity index (χ0) is 12.8. The molecule has 1 aromatic carbocycles. The molecular formula is C15H22FN. The van der Waals surface area contributed by atoms with Crippen molar-refractivity contribution in [2.24, 2.45) is 5.73 Å². The molecule has 1 aromatic rings. The lowest BCUT2D eigenvalue weighted by molar-refractivity contribution is 0.615. The van der Waals surface area contributed by atoms with Crippen LogP contribution in [0.4, 0.5) is 4.39 Å². The summed E-state index contributed by atoms with van der Waals surface area (Å²) in [6.07, 6.45) is 5.06. The molecule has 0 saturated carbocycles. The molecule has 0 saturated heterocycles. The summed E-state index contributed by atoms with van der Waals surface area (Å²) in [7, 11) is 0. The van der Waals surface area contributed by atoms with E-state index in [2.05, 4.69) is 13.0 Å². The van der Waals surface area contributed by atoms with Crippen LogP contribution in [0.15, 0.2) is 24.3 Å². The summed E-state index contributed by atoms with van der Waals surface area (Å²) >= 11 is 0. The van der Waals surface area contributed by atoms with Gasteiger partial charge in [-0.15, -0.1) is 0 Å². The van der Waals surface area contributed by atoms with Crippen molar-refractivity contribution in [2.75, 3.05) is 0 Å². The number of hydrogen-bond donors (Lipinski definition) is 1. The van der Waals surface area contributed by atoms with E-state index in [1.165, 1.54) is 11.6 Å². The molecule has 0 aliphatic heterocycles. The van der Waals surface area contributed by atoms with E-state index in [1.807, 2.05) is 19.9 Å². The molecular weight excluding hydrogens is 213 g/mol. The first kappa shape index (κ1) is 13.9. The van der Waals surface area contributed by atoms with E-state index in [1.54, 1.807) is 6.07 Å². The average molecular weight is 235 g/mol. The third kappa shape index (κ3) is 3.97. The van der Waals surface area contributed by atoms with Crippen molar-refractivity contribution >= 4 is 5.57 Å². The minimum absolute atomic E-state index is 0.181. The summed E-state index contributed by atoms with van der Waals surface area (Å²) in [6, 6.07) is 5.12. The molecule has 2 N–H and O–H groups in total. The summed E-state index contributed by atoms with van der Waals surface area (Å²) in [5.74, 6) is -0.181. The Morgan fingerprint density at radius 3 is 2.71 bits per heavy atom. The van der Waals surface area contributed by atoms with E-state index in [4.69, 9.17) is 5.73 Å². The van der Waals surface area contributed by atoms with Gasteiger partial charge in [-0.3, -0.25) is 0 Å². The number of benzene rings is 1. The first-order valence-corrected chi connectivity index (χ1v) is 6.25. The Morgan fingerprint density at radius 1 is 1.47 bits per heavy atom. The largest absolute Gasteiger partial charge is 0.327 e. The van der Waals surface area contributed by atoms with Crippen LogP contribution >= 0.6 is 0 Å². The monoisotopic (exact) mass is 235 g/mol. The van der Waals surface area contributed by atoms with Crippen molar-refractivity contribution in [3.63, 3.8) is 0 Å². The zero-order valence-electron chi connectivity index (χ0n) is 11.0. The van der Waals surface area contributed by atoms with Crippen LogP contribution in [0.2, 0.25) is 0 Å². The van der Waals surface area contributed by atoms with Crippen molar-refractivity contribution in [1.29, 1.82) is 0 Å². The standard InChI is InChI=1S/C15H22FN/c1-4-6-14(17)10-12(5-2)15-8-7-13(16)9-11(15)3/h5,7-9,14H,4,6,10,17H2,1-3H3/b12-5+. The van der Waals surface area contributed by atoms with Crippen LogP contribution in [0.25, 0.3) is 5.57 Å². The molecule has 0 amide bonds. The Labute approximate surface area is 104 Å². The van der Waals surface area contributed by atoms with E-state index in [0.29, 0.717) is 0 Å². The number of halogens is 1. The molecule has 1 nitrogen and oxygen atoms in total. The Hall–Kier alpha value is -1.15. The molecule has 0 heterocycles. The molecule has 0 radical (unpaired) electrons. The van der Waals surface area contributed by atoms with E-state index in [9.17, 15) is 4.39 Å². The molecule has 0 aliphatic carbocycles. The Bertz CT molecular complexity index is 396. The summed E-state index contributed by atoms with van der Waals surface area (Å²) in [5, 5.41) is 0. The first-order valence-electron chi connectivity index (χ1n) is 6.25. The lowest BCUT2D eigenvalue weighted by Gasteiger charge is -2.15. The van der Waals surface area contributed by atoms with Crippen LogP contribution in [0.3, 0.4) is 0 Å². The second-order valence-corrected chi connectivity index (χ2v) is 4.53. The van der Waals surface area contributed by atoms with Gasteiger partial charge >= 0.3 is 0 Å². The highest BCUT2D eigenvalue weighted by Crippen LogP contribution is 2.24. The maximum absolute atomic E-state index is 13.1. The lowest BCUT2D eigenvalue weighted by Crippen LogP contribution is -2.19. The Balaban J connectivity index is 2.87. The van der Waals surface area contributed by atoms with E-state index in [0.717, 1.165) is 30.4 Å². The summed E-state index contributed by atoms with van der Waals surface area (Å²) < 4.78 is 13.1. The van der Waals surface area contributed by atoms with Crippen molar-refractivity contribution in [3.8, 4) is 0 Å². The second-order valence-electron chi connectivity index (χ2n) is 4.53. The fourth-order valence-corrected chi connectivity index (χ4v) is 2.13. The van der Waals surface area contributed by atoms with Crippen molar-refractivity contribution in [1.82, 2.24) is 0 Å². The van der Waals surface area contributed by atoms with Gasteiger partial charge in [-0.05, 0) is 55.5 Å². The Kier molecular flexibility index (Phi) is 5.36. The minimum atomic E-state index is -0.181. The van der Waals surface area contributed by atoms with E-state index < -0.39 is 0 Å². The van der Waals surface area contributed by atoms with Crippen molar-refractivity contribution in [2.45, 2.75) is 46.1 Å². The number of nitrogens with two attached hydrogens (primary N) is 1. The van der Waals surface area contributed by atoms with E-state index in [-0.39, 0.29) is 11.9 Å². The third-order valence-electron chi connectivity index (χ3n) is 3.02. The van der Waals surface area contributed by atoms with Gasteiger partial charge in [0.2, 0.25) is 0 Å². The molecule has 94 valence electrons. The predicted molar refractivity (Wildman–Crippen MR) is 72.3 cm³/mol. The molecule has 0 bridgehead atoms. The summed E-state index contributed by atoms with van der Waals surface area (Å²) in [5.41, 5.74) is 9.36. The maximum Gasteiger partial charge on any atom is 0.123 e. The number of hydrogen-bond acceptors (Lipinski definition) is 1. The summed E-state index contributed by atoms with van der Waals surface area (Å²) in [6.45, 7) is 6.09. The third-order valence-corrected chi connectivity index (χ3v) is 3.02. The predicted octanol–water partition coefficient (Wildman–Crippen LogP) is 4.05. The normalized spacial score (nSPS) is 13.8. The van der Waals surface area contributed by atoms with E-state index >= 15 is 0 Å². The fraction of sp³-hybridized carbons (Fsp3) is 0.467. The Morgan fingerprint density at radius 2 is 2.18 bits per heavy atom. The highest BCUT2D eigenvalue weighted by molar-refractivity contribution is 5.68. The molecule has 1 atom stereocenters. The van der Waals surface area contributed by atoms with Crippen LogP contribution in [0, 0.1) is 12.7 Å². The van der Waals surface area contributed by atoms with Crippen molar-refractivity contribution in [3.05, 3.63) is 41.2 Å². The SMILES string of the molecule is C/C=C(\CC(N)CCC)c1ccc(F)cc1C. The minimum Gasteiger partial charge on any atom is -0.327 e. The number of aryl methyl sites for hydroxylation is 1. The van der Waals surface area contributed by atoms with Gasteiger partial charge in [-0.25, -0.2) is 4.39 Å².